The molecule has 2 N–H and O–H groups in total. The number of halogens is 1. The van der Waals surface area contributed by atoms with Gasteiger partial charge in [0, 0.05) is 12.7 Å². The van der Waals surface area contributed by atoms with Gasteiger partial charge >= 0.3 is 0 Å². The van der Waals surface area contributed by atoms with E-state index in [0.29, 0.717) is 10.8 Å². The lowest BCUT2D eigenvalue weighted by atomic mass is 9.99. The van der Waals surface area contributed by atoms with E-state index >= 15 is 0 Å². The Balaban J connectivity index is 1.99. The van der Waals surface area contributed by atoms with Crippen molar-refractivity contribution in [1.29, 1.82) is 0 Å². The first kappa shape index (κ1) is 11.4. The van der Waals surface area contributed by atoms with E-state index < -0.39 is 0 Å². The SMILES string of the molecule is O=C(Nc1ncccc1Cl)[C@H]1CCCNC1. The van der Waals surface area contributed by atoms with Crippen LogP contribution in [0.15, 0.2) is 18.3 Å². The molecule has 1 saturated heterocycles. The first-order valence-corrected chi connectivity index (χ1v) is 5.77. The molecule has 86 valence electrons. The van der Waals surface area contributed by atoms with Crippen LogP contribution in [0.25, 0.3) is 0 Å². The lowest BCUT2D eigenvalue weighted by Gasteiger charge is -2.21. The second-order valence-electron chi connectivity index (χ2n) is 3.87. The lowest BCUT2D eigenvalue weighted by Crippen LogP contribution is -2.37. The van der Waals surface area contributed by atoms with Gasteiger partial charge in [0.15, 0.2) is 5.82 Å². The van der Waals surface area contributed by atoms with Crippen molar-refractivity contribution in [3.05, 3.63) is 23.4 Å². The summed E-state index contributed by atoms with van der Waals surface area (Å²) in [5.41, 5.74) is 0. The number of carbonyl (C=O) groups excluding carboxylic acids is 1. The summed E-state index contributed by atoms with van der Waals surface area (Å²) in [7, 11) is 0. The van der Waals surface area contributed by atoms with Crippen molar-refractivity contribution < 1.29 is 4.79 Å². The standard InChI is InChI=1S/C11H14ClN3O/c12-9-4-2-6-14-10(9)15-11(16)8-3-1-5-13-7-8/h2,4,6,8,13H,1,3,5,7H2,(H,14,15,16)/t8-/m0/s1. The van der Waals surface area contributed by atoms with Crippen LogP contribution in [0.5, 0.6) is 0 Å². The Hall–Kier alpha value is -1.13. The van der Waals surface area contributed by atoms with Crippen molar-refractivity contribution in [2.45, 2.75) is 12.8 Å². The molecule has 1 atom stereocenters. The van der Waals surface area contributed by atoms with Crippen molar-refractivity contribution in [2.75, 3.05) is 18.4 Å². The maximum atomic E-state index is 11.9. The fourth-order valence-corrected chi connectivity index (χ4v) is 1.94. The third-order valence-electron chi connectivity index (χ3n) is 2.67. The molecule has 1 aliphatic heterocycles. The Bertz CT molecular complexity index is 377. The highest BCUT2D eigenvalue weighted by atomic mass is 35.5. The molecular formula is C11H14ClN3O. The van der Waals surface area contributed by atoms with Crippen molar-refractivity contribution in [1.82, 2.24) is 10.3 Å². The highest BCUT2D eigenvalue weighted by Crippen LogP contribution is 2.19. The minimum Gasteiger partial charge on any atom is -0.316 e. The molecule has 0 unspecified atom stereocenters. The van der Waals surface area contributed by atoms with E-state index in [2.05, 4.69) is 15.6 Å². The summed E-state index contributed by atoms with van der Waals surface area (Å²) in [4.78, 5) is 15.9. The zero-order valence-electron chi connectivity index (χ0n) is 8.87. The maximum Gasteiger partial charge on any atom is 0.229 e. The smallest absolute Gasteiger partial charge is 0.229 e. The average molecular weight is 240 g/mol. The molecule has 0 bridgehead atoms. The number of amides is 1. The molecule has 0 aliphatic carbocycles. The zero-order valence-corrected chi connectivity index (χ0v) is 9.63. The molecule has 1 fully saturated rings. The van der Waals surface area contributed by atoms with Crippen molar-refractivity contribution in [3.8, 4) is 0 Å². The lowest BCUT2D eigenvalue weighted by molar-refractivity contribution is -0.120. The molecule has 1 aromatic heterocycles. The molecule has 0 aromatic carbocycles. The molecule has 5 heteroatoms. The van der Waals surface area contributed by atoms with E-state index in [1.807, 2.05) is 0 Å². The second kappa shape index (κ2) is 5.27. The number of hydrogen-bond donors (Lipinski definition) is 2. The summed E-state index contributed by atoms with van der Waals surface area (Å²) in [6.45, 7) is 1.73. The summed E-state index contributed by atoms with van der Waals surface area (Å²) in [6, 6.07) is 3.45. The number of piperidine rings is 1. The van der Waals surface area contributed by atoms with E-state index in [1.165, 1.54) is 0 Å². The molecule has 1 aromatic rings. The van der Waals surface area contributed by atoms with Crippen LogP contribution in [0, 0.1) is 5.92 Å². The predicted molar refractivity (Wildman–Crippen MR) is 63.5 cm³/mol. The Morgan fingerprint density at radius 2 is 2.50 bits per heavy atom. The van der Waals surface area contributed by atoms with Gasteiger partial charge in [0.2, 0.25) is 5.91 Å². The van der Waals surface area contributed by atoms with Gasteiger partial charge in [0.1, 0.15) is 0 Å². The van der Waals surface area contributed by atoms with Crippen LogP contribution < -0.4 is 10.6 Å². The molecule has 2 rings (SSSR count). The quantitative estimate of drug-likeness (QED) is 0.826. The maximum absolute atomic E-state index is 11.9. The first-order valence-electron chi connectivity index (χ1n) is 5.39. The van der Waals surface area contributed by atoms with Crippen molar-refractivity contribution in [2.24, 2.45) is 5.92 Å². The monoisotopic (exact) mass is 239 g/mol. The number of nitrogens with zero attached hydrogens (tertiary/aromatic N) is 1. The Labute approximate surface area is 99.4 Å². The van der Waals surface area contributed by atoms with Crippen LogP contribution in [-0.4, -0.2) is 24.0 Å². The number of nitrogens with one attached hydrogen (secondary N) is 2. The van der Waals surface area contributed by atoms with Crippen LogP contribution in [0.4, 0.5) is 5.82 Å². The highest BCUT2D eigenvalue weighted by Gasteiger charge is 2.21. The van der Waals surface area contributed by atoms with Crippen LogP contribution in [-0.2, 0) is 4.79 Å². The first-order chi connectivity index (χ1) is 7.77. The minimum absolute atomic E-state index is 0.00667. The summed E-state index contributed by atoms with van der Waals surface area (Å²) in [5, 5.41) is 6.43. The second-order valence-corrected chi connectivity index (χ2v) is 4.27. The average Bonchev–Trinajstić information content (AvgIpc) is 2.33. The normalized spacial score (nSPS) is 20.4. The molecule has 0 saturated carbocycles. The van der Waals surface area contributed by atoms with E-state index in [0.717, 1.165) is 25.9 Å². The number of hydrogen-bond acceptors (Lipinski definition) is 3. The van der Waals surface area contributed by atoms with E-state index in [9.17, 15) is 4.79 Å². The third-order valence-corrected chi connectivity index (χ3v) is 2.97. The summed E-state index contributed by atoms with van der Waals surface area (Å²) in [5.74, 6) is 0.458. The van der Waals surface area contributed by atoms with Gasteiger partial charge in [0.05, 0.1) is 10.9 Å². The molecule has 4 nitrogen and oxygen atoms in total. The Morgan fingerprint density at radius 1 is 1.62 bits per heavy atom. The number of pyridine rings is 1. The summed E-state index contributed by atoms with van der Waals surface area (Å²) < 4.78 is 0. The largest absolute Gasteiger partial charge is 0.316 e. The molecule has 2 heterocycles. The van der Waals surface area contributed by atoms with Crippen LogP contribution in [0.1, 0.15) is 12.8 Å². The molecule has 16 heavy (non-hydrogen) atoms. The topological polar surface area (TPSA) is 54.0 Å². The molecule has 1 aliphatic rings. The molecular weight excluding hydrogens is 226 g/mol. The summed E-state index contributed by atoms with van der Waals surface area (Å²) >= 11 is 5.91. The highest BCUT2D eigenvalue weighted by molar-refractivity contribution is 6.33. The number of carbonyl (C=O) groups is 1. The molecule has 0 radical (unpaired) electrons. The van der Waals surface area contributed by atoms with Gasteiger partial charge < -0.3 is 10.6 Å². The minimum atomic E-state index is -0.00667. The van der Waals surface area contributed by atoms with E-state index in [1.54, 1.807) is 18.3 Å². The summed E-state index contributed by atoms with van der Waals surface area (Å²) in [6.07, 6.45) is 3.57. The van der Waals surface area contributed by atoms with Crippen molar-refractivity contribution >= 4 is 23.3 Å². The van der Waals surface area contributed by atoms with Crippen LogP contribution >= 0.6 is 11.6 Å². The van der Waals surface area contributed by atoms with E-state index in [-0.39, 0.29) is 11.8 Å². The van der Waals surface area contributed by atoms with E-state index in [4.69, 9.17) is 11.6 Å². The van der Waals surface area contributed by atoms with Gasteiger partial charge in [-0.05, 0) is 31.5 Å². The fraction of sp³-hybridized carbons (Fsp3) is 0.455. The van der Waals surface area contributed by atoms with Gasteiger partial charge in [-0.1, -0.05) is 11.6 Å². The van der Waals surface area contributed by atoms with Crippen LogP contribution in [0.3, 0.4) is 0 Å². The third kappa shape index (κ3) is 2.71. The fourth-order valence-electron chi connectivity index (χ4n) is 1.77. The molecule has 0 spiro atoms. The van der Waals surface area contributed by atoms with Crippen LogP contribution in [0.2, 0.25) is 5.02 Å². The zero-order chi connectivity index (χ0) is 11.4. The van der Waals surface area contributed by atoms with Gasteiger partial charge in [-0.3, -0.25) is 4.79 Å². The van der Waals surface area contributed by atoms with Gasteiger partial charge in [0.25, 0.3) is 0 Å². The Morgan fingerprint density at radius 3 is 3.19 bits per heavy atom. The van der Waals surface area contributed by atoms with Crippen molar-refractivity contribution in [3.63, 3.8) is 0 Å². The Kier molecular flexibility index (Phi) is 3.74. The number of anilines is 1. The number of aromatic nitrogens is 1. The predicted octanol–water partition coefficient (Wildman–Crippen LogP) is 1.67. The molecule has 1 amide bonds. The van der Waals surface area contributed by atoms with Gasteiger partial charge in [-0.15, -0.1) is 0 Å². The number of rotatable bonds is 2. The van der Waals surface area contributed by atoms with Gasteiger partial charge in [-0.2, -0.15) is 0 Å². The van der Waals surface area contributed by atoms with Gasteiger partial charge in [-0.25, -0.2) is 4.98 Å².